The molecule has 15 heavy (non-hydrogen) atoms. The van der Waals surface area contributed by atoms with Crippen LogP contribution < -0.4 is 0 Å². The molecule has 0 unspecified atom stereocenters. The standard InChI is InChI=1S/C11H13BrFNO/c1-11(15)6-14(7-11)5-8-2-3-9(12)10(13)4-8/h2-4,15H,5-7H2,1H3. The van der Waals surface area contributed by atoms with Gasteiger partial charge in [0.15, 0.2) is 0 Å². The summed E-state index contributed by atoms with van der Waals surface area (Å²) < 4.78 is 13.7. The Kier molecular flexibility index (Phi) is 2.83. The maximum absolute atomic E-state index is 13.2. The molecule has 1 aliphatic rings. The molecule has 0 atom stereocenters. The molecule has 1 fully saturated rings. The second-order valence-corrected chi connectivity index (χ2v) is 5.24. The summed E-state index contributed by atoms with van der Waals surface area (Å²) in [6, 6.07) is 5.12. The van der Waals surface area contributed by atoms with E-state index in [-0.39, 0.29) is 5.82 Å². The van der Waals surface area contributed by atoms with E-state index < -0.39 is 5.60 Å². The number of hydrogen-bond acceptors (Lipinski definition) is 2. The lowest BCUT2D eigenvalue weighted by Crippen LogP contribution is -2.59. The molecule has 0 amide bonds. The molecule has 2 nitrogen and oxygen atoms in total. The number of rotatable bonds is 2. The molecular weight excluding hydrogens is 261 g/mol. The third-order valence-corrected chi connectivity index (χ3v) is 3.16. The van der Waals surface area contributed by atoms with Crippen LogP contribution in [0.5, 0.6) is 0 Å². The zero-order valence-corrected chi connectivity index (χ0v) is 10.1. The van der Waals surface area contributed by atoms with E-state index in [9.17, 15) is 9.50 Å². The van der Waals surface area contributed by atoms with Crippen molar-refractivity contribution < 1.29 is 9.50 Å². The molecule has 0 saturated carbocycles. The van der Waals surface area contributed by atoms with Gasteiger partial charge < -0.3 is 5.11 Å². The smallest absolute Gasteiger partial charge is 0.137 e. The average molecular weight is 274 g/mol. The Bertz CT molecular complexity index is 373. The van der Waals surface area contributed by atoms with Gasteiger partial charge in [0.25, 0.3) is 0 Å². The van der Waals surface area contributed by atoms with E-state index in [2.05, 4.69) is 20.8 Å². The quantitative estimate of drug-likeness (QED) is 0.893. The number of aliphatic hydroxyl groups is 1. The van der Waals surface area contributed by atoms with Crippen LogP contribution in [0.25, 0.3) is 0 Å². The van der Waals surface area contributed by atoms with E-state index in [0.29, 0.717) is 24.1 Å². The van der Waals surface area contributed by atoms with Crippen LogP contribution in [-0.4, -0.2) is 28.7 Å². The molecule has 1 aliphatic heterocycles. The lowest BCUT2D eigenvalue weighted by atomic mass is 9.96. The molecule has 0 aromatic heterocycles. The van der Waals surface area contributed by atoms with Gasteiger partial charge in [-0.25, -0.2) is 4.39 Å². The predicted molar refractivity (Wildman–Crippen MR) is 60.0 cm³/mol. The van der Waals surface area contributed by atoms with Crippen LogP contribution in [-0.2, 0) is 6.54 Å². The lowest BCUT2D eigenvalue weighted by molar-refractivity contribution is -0.0871. The lowest BCUT2D eigenvalue weighted by Gasteiger charge is -2.44. The molecule has 1 aromatic carbocycles. The molecule has 0 bridgehead atoms. The number of likely N-dealkylation sites (tertiary alicyclic amines) is 1. The van der Waals surface area contributed by atoms with Crippen molar-refractivity contribution in [2.45, 2.75) is 19.1 Å². The highest BCUT2D eigenvalue weighted by atomic mass is 79.9. The molecule has 82 valence electrons. The number of halogens is 2. The van der Waals surface area contributed by atoms with Crippen LogP contribution in [0.3, 0.4) is 0 Å². The van der Waals surface area contributed by atoms with Crippen molar-refractivity contribution in [1.82, 2.24) is 4.90 Å². The summed E-state index contributed by atoms with van der Waals surface area (Å²) in [5.74, 6) is -0.236. The molecule has 1 N–H and O–H groups in total. The number of benzene rings is 1. The second kappa shape index (κ2) is 3.85. The normalized spacial score (nSPS) is 20.0. The highest BCUT2D eigenvalue weighted by Crippen LogP contribution is 2.23. The van der Waals surface area contributed by atoms with Gasteiger partial charge >= 0.3 is 0 Å². The van der Waals surface area contributed by atoms with Crippen molar-refractivity contribution in [3.05, 3.63) is 34.1 Å². The van der Waals surface area contributed by atoms with Crippen LogP contribution in [0.1, 0.15) is 12.5 Å². The topological polar surface area (TPSA) is 23.5 Å². The summed E-state index contributed by atoms with van der Waals surface area (Å²) in [7, 11) is 0. The molecule has 1 heterocycles. The molecule has 4 heteroatoms. The van der Waals surface area contributed by atoms with E-state index in [4.69, 9.17) is 0 Å². The summed E-state index contributed by atoms with van der Waals surface area (Å²) >= 11 is 3.12. The molecule has 0 aliphatic carbocycles. The Hall–Kier alpha value is -0.450. The Morgan fingerprint density at radius 2 is 2.20 bits per heavy atom. The maximum atomic E-state index is 13.2. The van der Waals surface area contributed by atoms with Crippen LogP contribution in [0.4, 0.5) is 4.39 Å². The third-order valence-electron chi connectivity index (χ3n) is 2.52. The summed E-state index contributed by atoms with van der Waals surface area (Å²) in [4.78, 5) is 2.09. The van der Waals surface area contributed by atoms with Crippen LogP contribution in [0.15, 0.2) is 22.7 Å². The van der Waals surface area contributed by atoms with E-state index in [0.717, 1.165) is 5.56 Å². The number of hydrogen-bond donors (Lipinski definition) is 1. The van der Waals surface area contributed by atoms with E-state index in [1.165, 1.54) is 6.07 Å². The molecule has 2 rings (SSSR count). The van der Waals surface area contributed by atoms with Gasteiger partial charge in [-0.3, -0.25) is 4.90 Å². The van der Waals surface area contributed by atoms with Gasteiger partial charge in [-0.15, -0.1) is 0 Å². The first-order valence-electron chi connectivity index (χ1n) is 4.85. The zero-order chi connectivity index (χ0) is 11.1. The van der Waals surface area contributed by atoms with Gasteiger partial charge in [0, 0.05) is 19.6 Å². The van der Waals surface area contributed by atoms with Crippen molar-refractivity contribution in [2.24, 2.45) is 0 Å². The summed E-state index contributed by atoms with van der Waals surface area (Å²) in [6.07, 6.45) is 0. The van der Waals surface area contributed by atoms with Gasteiger partial charge in [-0.1, -0.05) is 6.07 Å². The van der Waals surface area contributed by atoms with Crippen molar-refractivity contribution in [1.29, 1.82) is 0 Å². The van der Waals surface area contributed by atoms with Crippen molar-refractivity contribution in [3.8, 4) is 0 Å². The van der Waals surface area contributed by atoms with E-state index in [1.807, 2.05) is 13.0 Å². The Morgan fingerprint density at radius 3 is 2.73 bits per heavy atom. The van der Waals surface area contributed by atoms with Crippen LogP contribution in [0.2, 0.25) is 0 Å². The minimum atomic E-state index is -0.562. The number of nitrogens with zero attached hydrogens (tertiary/aromatic N) is 1. The average Bonchev–Trinajstić information content (AvgIpc) is 2.08. The fourth-order valence-electron chi connectivity index (χ4n) is 1.93. The third kappa shape index (κ3) is 2.56. The first-order valence-corrected chi connectivity index (χ1v) is 5.64. The molecule has 1 saturated heterocycles. The highest BCUT2D eigenvalue weighted by Gasteiger charge is 2.35. The Balaban J connectivity index is 1.98. The van der Waals surface area contributed by atoms with Crippen LogP contribution in [0, 0.1) is 5.82 Å². The Morgan fingerprint density at radius 1 is 1.53 bits per heavy atom. The molecular formula is C11H13BrFNO. The fourth-order valence-corrected chi connectivity index (χ4v) is 2.17. The van der Waals surface area contributed by atoms with E-state index >= 15 is 0 Å². The van der Waals surface area contributed by atoms with Gasteiger partial charge in [0.1, 0.15) is 5.82 Å². The molecule has 0 spiro atoms. The fraction of sp³-hybridized carbons (Fsp3) is 0.455. The van der Waals surface area contributed by atoms with Crippen LogP contribution >= 0.6 is 15.9 Å². The highest BCUT2D eigenvalue weighted by molar-refractivity contribution is 9.10. The monoisotopic (exact) mass is 273 g/mol. The SMILES string of the molecule is CC1(O)CN(Cc2ccc(Br)c(F)c2)C1. The predicted octanol–water partition coefficient (Wildman–Crippen LogP) is 2.15. The first-order chi connectivity index (χ1) is 6.96. The molecule has 0 radical (unpaired) electrons. The van der Waals surface area contributed by atoms with Gasteiger partial charge in [0.05, 0.1) is 10.1 Å². The van der Waals surface area contributed by atoms with Crippen molar-refractivity contribution in [3.63, 3.8) is 0 Å². The zero-order valence-electron chi connectivity index (χ0n) is 8.50. The van der Waals surface area contributed by atoms with Crippen molar-refractivity contribution >= 4 is 15.9 Å². The molecule has 1 aromatic rings. The van der Waals surface area contributed by atoms with Crippen molar-refractivity contribution in [2.75, 3.05) is 13.1 Å². The largest absolute Gasteiger partial charge is 0.388 e. The Labute approximate surface area is 96.8 Å². The number of β-amino-alcohol motifs (C(OH)–C–C–N with tert-alkyl or cyclic N) is 1. The maximum Gasteiger partial charge on any atom is 0.137 e. The summed E-state index contributed by atoms with van der Waals surface area (Å²) in [6.45, 7) is 3.82. The summed E-state index contributed by atoms with van der Waals surface area (Å²) in [5, 5.41) is 9.54. The summed E-state index contributed by atoms with van der Waals surface area (Å²) in [5.41, 5.74) is 0.375. The minimum absolute atomic E-state index is 0.236. The van der Waals surface area contributed by atoms with Gasteiger partial charge in [-0.2, -0.15) is 0 Å². The van der Waals surface area contributed by atoms with Gasteiger partial charge in [-0.05, 0) is 40.5 Å². The minimum Gasteiger partial charge on any atom is -0.388 e. The second-order valence-electron chi connectivity index (χ2n) is 4.39. The first kappa shape index (κ1) is 11.0. The van der Waals surface area contributed by atoms with E-state index in [1.54, 1.807) is 6.07 Å². The van der Waals surface area contributed by atoms with Gasteiger partial charge in [0.2, 0.25) is 0 Å².